The molecule has 1 aliphatic carbocycles. The van der Waals surface area contributed by atoms with Crippen LogP contribution in [0.4, 0.5) is 0 Å². The van der Waals surface area contributed by atoms with Crippen LogP contribution in [0, 0.1) is 27.6 Å². The van der Waals surface area contributed by atoms with Crippen molar-refractivity contribution < 1.29 is 9.90 Å². The highest BCUT2D eigenvalue weighted by Gasteiger charge is 2.67. The summed E-state index contributed by atoms with van der Waals surface area (Å²) in [6.07, 6.45) is 8.09. The van der Waals surface area contributed by atoms with Gasteiger partial charge >= 0.3 is 0 Å². The van der Waals surface area contributed by atoms with Crippen LogP contribution in [-0.2, 0) is 4.79 Å². The summed E-state index contributed by atoms with van der Waals surface area (Å²) < 4.78 is 0. The van der Waals surface area contributed by atoms with Gasteiger partial charge in [0.25, 0.3) is 0 Å². The topological polar surface area (TPSA) is 55.8 Å². The lowest BCUT2D eigenvalue weighted by atomic mass is 9.66. The fraction of sp³-hybridized carbons (Fsp3) is 0.969. The Hall–Kier alpha value is -0.650. The van der Waals surface area contributed by atoms with Gasteiger partial charge in [0.15, 0.2) is 0 Å². The monoisotopic (exact) mass is 519 g/mol. The molecule has 3 fully saturated rings. The van der Waals surface area contributed by atoms with Gasteiger partial charge in [-0.15, -0.1) is 0 Å². The Balaban J connectivity index is 1.56. The first kappa shape index (κ1) is 30.9. The Bertz CT molecular complexity index is 807. The molecule has 5 heteroatoms. The lowest BCUT2D eigenvalue weighted by molar-refractivity contribution is -0.146. The maximum Gasteiger partial charge on any atom is 0.228 e. The van der Waals surface area contributed by atoms with Gasteiger partial charge in [-0.2, -0.15) is 0 Å². The number of nitrogens with one attached hydrogen (secondary N) is 1. The minimum Gasteiger partial charge on any atom is -0.373 e. The van der Waals surface area contributed by atoms with Gasteiger partial charge in [-0.1, -0.05) is 54.9 Å². The molecule has 37 heavy (non-hydrogen) atoms. The largest absolute Gasteiger partial charge is 0.373 e. The lowest BCUT2D eigenvalue weighted by Crippen LogP contribution is -2.53. The van der Waals surface area contributed by atoms with Crippen molar-refractivity contribution in [1.82, 2.24) is 15.1 Å². The highest BCUT2D eigenvalue weighted by atomic mass is 16.3. The van der Waals surface area contributed by atoms with Crippen molar-refractivity contribution in [3.8, 4) is 0 Å². The number of hydrogen-bond donors (Lipinski definition) is 2. The SMILES string of the molecule is CC(C)(CCN1CCCCC1)NCCC(C)(C)N1C(=O)C(C(C)(C)CC2(C)CC2(C)C(C)(C)C)CC1O. The average molecular weight is 520 g/mol. The Labute approximate surface area is 229 Å². The molecule has 4 unspecified atom stereocenters. The molecule has 0 spiro atoms. The molecule has 0 radical (unpaired) electrons. The van der Waals surface area contributed by atoms with E-state index >= 15 is 0 Å². The van der Waals surface area contributed by atoms with E-state index in [0.717, 1.165) is 32.4 Å². The molecular formula is C32H61N3O2. The van der Waals surface area contributed by atoms with E-state index < -0.39 is 6.23 Å². The van der Waals surface area contributed by atoms with E-state index in [1.807, 2.05) is 4.90 Å². The van der Waals surface area contributed by atoms with Crippen LogP contribution in [0.2, 0.25) is 0 Å². The van der Waals surface area contributed by atoms with E-state index in [4.69, 9.17) is 0 Å². The molecule has 3 rings (SSSR count). The number of rotatable bonds is 11. The molecule has 0 bridgehead atoms. The van der Waals surface area contributed by atoms with Crippen molar-refractivity contribution >= 4 is 5.91 Å². The van der Waals surface area contributed by atoms with Crippen LogP contribution < -0.4 is 5.32 Å². The molecule has 0 aromatic heterocycles. The molecule has 0 aromatic rings. The molecule has 3 aliphatic rings. The molecule has 1 amide bonds. The molecule has 4 atom stereocenters. The number of hydrogen-bond acceptors (Lipinski definition) is 4. The first-order valence-corrected chi connectivity index (χ1v) is 15.2. The molecule has 216 valence electrons. The van der Waals surface area contributed by atoms with Gasteiger partial charge in [0.05, 0.1) is 0 Å². The summed E-state index contributed by atoms with van der Waals surface area (Å²) in [5, 5.41) is 14.9. The Morgan fingerprint density at radius 2 is 1.54 bits per heavy atom. The Kier molecular flexibility index (Phi) is 8.68. The van der Waals surface area contributed by atoms with Crippen molar-refractivity contribution in [1.29, 1.82) is 0 Å². The first-order valence-electron chi connectivity index (χ1n) is 15.2. The number of amides is 1. The van der Waals surface area contributed by atoms with Crippen molar-refractivity contribution in [2.45, 2.75) is 145 Å². The van der Waals surface area contributed by atoms with E-state index in [-0.39, 0.29) is 39.1 Å². The number of likely N-dealkylation sites (tertiary alicyclic amines) is 2. The second-order valence-electron chi connectivity index (χ2n) is 16.5. The number of piperidine rings is 1. The third kappa shape index (κ3) is 6.57. The van der Waals surface area contributed by atoms with Crippen LogP contribution in [0.1, 0.15) is 128 Å². The quantitative estimate of drug-likeness (QED) is 0.330. The zero-order valence-corrected chi connectivity index (χ0v) is 26.4. The summed E-state index contributed by atoms with van der Waals surface area (Å²) in [5.41, 5.74) is 0.316. The van der Waals surface area contributed by atoms with E-state index in [0.29, 0.717) is 11.8 Å². The molecule has 2 aliphatic heterocycles. The maximum atomic E-state index is 13.9. The third-order valence-corrected chi connectivity index (χ3v) is 11.2. The van der Waals surface area contributed by atoms with Gasteiger partial charge in [0, 0.05) is 23.4 Å². The van der Waals surface area contributed by atoms with Gasteiger partial charge < -0.3 is 20.2 Å². The molecular weight excluding hydrogens is 458 g/mol. The predicted octanol–water partition coefficient (Wildman–Crippen LogP) is 6.44. The summed E-state index contributed by atoms with van der Waals surface area (Å²) in [6, 6.07) is 0. The summed E-state index contributed by atoms with van der Waals surface area (Å²) in [6.45, 7) is 29.7. The molecule has 2 heterocycles. The summed E-state index contributed by atoms with van der Waals surface area (Å²) in [5.74, 6) is 0.0194. The summed E-state index contributed by atoms with van der Waals surface area (Å²) >= 11 is 0. The van der Waals surface area contributed by atoms with Gasteiger partial charge in [-0.3, -0.25) is 4.79 Å². The number of carbonyl (C=O) groups excluding carboxylic acids is 1. The molecule has 2 saturated heterocycles. The van der Waals surface area contributed by atoms with Gasteiger partial charge in [0.2, 0.25) is 5.91 Å². The zero-order valence-electron chi connectivity index (χ0n) is 26.4. The van der Waals surface area contributed by atoms with E-state index in [2.05, 4.69) is 86.4 Å². The zero-order chi connectivity index (χ0) is 28.1. The first-order chi connectivity index (χ1) is 16.7. The fourth-order valence-electron chi connectivity index (χ4n) is 7.92. The van der Waals surface area contributed by atoms with E-state index in [9.17, 15) is 9.90 Å². The van der Waals surface area contributed by atoms with E-state index in [1.165, 1.54) is 38.8 Å². The Morgan fingerprint density at radius 3 is 2.08 bits per heavy atom. The molecule has 0 aromatic carbocycles. The highest BCUT2D eigenvalue weighted by Crippen LogP contribution is 2.75. The van der Waals surface area contributed by atoms with Gasteiger partial charge in [-0.05, 0) is 114 Å². The van der Waals surface area contributed by atoms with Crippen LogP contribution in [0.5, 0.6) is 0 Å². The number of aliphatic hydroxyl groups is 1. The summed E-state index contributed by atoms with van der Waals surface area (Å²) in [4.78, 5) is 18.3. The van der Waals surface area contributed by atoms with Crippen molar-refractivity contribution in [2.75, 3.05) is 26.2 Å². The minimum atomic E-state index is -0.695. The number of aliphatic hydroxyl groups excluding tert-OH is 1. The molecule has 2 N–H and O–H groups in total. The van der Waals surface area contributed by atoms with Crippen molar-refractivity contribution in [3.05, 3.63) is 0 Å². The predicted molar refractivity (Wildman–Crippen MR) is 155 cm³/mol. The standard InChI is InChI=1S/C32H61N3O2/c1-27(2,3)32(11)23-31(32,10)22-28(4,5)24-21-25(36)35(26(24)37)30(8,9)15-17-33-29(6,7)16-20-34-18-13-12-14-19-34/h24-25,33,36H,12-23H2,1-11H3. The maximum absolute atomic E-state index is 13.9. The van der Waals surface area contributed by atoms with Gasteiger partial charge in [-0.25, -0.2) is 0 Å². The highest BCUT2D eigenvalue weighted by molar-refractivity contribution is 5.82. The van der Waals surface area contributed by atoms with Crippen molar-refractivity contribution in [3.63, 3.8) is 0 Å². The second-order valence-corrected chi connectivity index (χ2v) is 16.5. The normalized spacial score (nSPS) is 32.3. The third-order valence-electron chi connectivity index (χ3n) is 11.2. The smallest absolute Gasteiger partial charge is 0.228 e. The van der Waals surface area contributed by atoms with Crippen molar-refractivity contribution in [2.24, 2.45) is 27.6 Å². The van der Waals surface area contributed by atoms with Gasteiger partial charge in [0.1, 0.15) is 6.23 Å². The number of carbonyl (C=O) groups is 1. The fourth-order valence-corrected chi connectivity index (χ4v) is 7.92. The Morgan fingerprint density at radius 1 is 0.946 bits per heavy atom. The van der Waals surface area contributed by atoms with Crippen LogP contribution in [0.15, 0.2) is 0 Å². The van der Waals surface area contributed by atoms with Crippen LogP contribution in [0.25, 0.3) is 0 Å². The van der Waals surface area contributed by atoms with Crippen LogP contribution >= 0.6 is 0 Å². The van der Waals surface area contributed by atoms with Crippen LogP contribution in [0.3, 0.4) is 0 Å². The second kappa shape index (κ2) is 10.4. The molecule has 1 saturated carbocycles. The van der Waals surface area contributed by atoms with E-state index in [1.54, 1.807) is 0 Å². The average Bonchev–Trinajstić information content (AvgIpc) is 3.14. The number of nitrogens with zero attached hydrogens (tertiary/aromatic N) is 2. The van der Waals surface area contributed by atoms with Crippen LogP contribution in [-0.4, -0.2) is 64.3 Å². The lowest BCUT2D eigenvalue weighted by Gasteiger charge is -2.41. The minimum absolute atomic E-state index is 0.0606. The summed E-state index contributed by atoms with van der Waals surface area (Å²) in [7, 11) is 0. The molecule has 5 nitrogen and oxygen atoms in total.